The summed E-state index contributed by atoms with van der Waals surface area (Å²) in [5, 5.41) is 12.4. The zero-order valence-electron chi connectivity index (χ0n) is 9.12. The first-order chi connectivity index (χ1) is 6.65. The van der Waals surface area contributed by atoms with E-state index in [1.165, 1.54) is 5.56 Å². The Kier molecular flexibility index (Phi) is 3.96. The largest absolute Gasteiger partial charge is 0.508 e. The number of nitrogens with one attached hydrogen (secondary N) is 1. The second-order valence-electron chi connectivity index (χ2n) is 4.00. The fourth-order valence-corrected chi connectivity index (χ4v) is 1.68. The molecular weight excluding hydrogens is 174 g/mol. The summed E-state index contributed by atoms with van der Waals surface area (Å²) >= 11 is 0. The lowest BCUT2D eigenvalue weighted by atomic mass is 9.88. The molecule has 2 N–H and O–H groups in total. The van der Waals surface area contributed by atoms with Gasteiger partial charge in [0.15, 0.2) is 0 Å². The van der Waals surface area contributed by atoms with Crippen molar-refractivity contribution in [2.24, 2.45) is 5.92 Å². The van der Waals surface area contributed by atoms with Crippen LogP contribution >= 0.6 is 0 Å². The zero-order chi connectivity index (χ0) is 10.6. The second-order valence-corrected chi connectivity index (χ2v) is 4.00. The van der Waals surface area contributed by atoms with Crippen molar-refractivity contribution in [2.45, 2.75) is 19.8 Å². The first-order valence-corrected chi connectivity index (χ1v) is 5.08. The van der Waals surface area contributed by atoms with E-state index >= 15 is 0 Å². The average Bonchev–Trinajstić information content (AvgIpc) is 2.15. The molecule has 0 aliphatic heterocycles. The fraction of sp³-hybridized carbons (Fsp3) is 0.500. The Bertz CT molecular complexity index is 266. The van der Waals surface area contributed by atoms with Crippen LogP contribution < -0.4 is 5.32 Å². The predicted octanol–water partition coefficient (Wildman–Crippen LogP) is 2.35. The standard InChI is InChI=1S/C12H19NO/c1-9(2)12(8-13-3)10-4-6-11(14)7-5-10/h4-7,9,12-14H,8H2,1-3H3. The van der Waals surface area contributed by atoms with E-state index in [9.17, 15) is 5.11 Å². The Morgan fingerprint density at radius 3 is 2.21 bits per heavy atom. The molecule has 1 atom stereocenters. The van der Waals surface area contributed by atoms with Gasteiger partial charge in [-0.3, -0.25) is 0 Å². The third kappa shape index (κ3) is 2.74. The summed E-state index contributed by atoms with van der Waals surface area (Å²) in [4.78, 5) is 0. The summed E-state index contributed by atoms with van der Waals surface area (Å²) in [7, 11) is 1.97. The van der Waals surface area contributed by atoms with Gasteiger partial charge in [0.25, 0.3) is 0 Å². The number of aromatic hydroxyl groups is 1. The smallest absolute Gasteiger partial charge is 0.115 e. The Labute approximate surface area is 86.0 Å². The van der Waals surface area contributed by atoms with Crippen LogP contribution in [0.5, 0.6) is 5.75 Å². The van der Waals surface area contributed by atoms with E-state index in [0.29, 0.717) is 17.6 Å². The molecule has 0 radical (unpaired) electrons. The topological polar surface area (TPSA) is 32.3 Å². The number of phenols is 1. The van der Waals surface area contributed by atoms with Gasteiger partial charge in [0.2, 0.25) is 0 Å². The molecule has 1 aromatic rings. The highest BCUT2D eigenvalue weighted by Crippen LogP contribution is 2.24. The molecule has 0 aliphatic rings. The van der Waals surface area contributed by atoms with E-state index in [1.807, 2.05) is 19.2 Å². The maximum atomic E-state index is 9.19. The van der Waals surface area contributed by atoms with Gasteiger partial charge in [-0.05, 0) is 36.6 Å². The maximum absolute atomic E-state index is 9.19. The normalized spacial score (nSPS) is 13.1. The molecule has 1 unspecified atom stereocenters. The molecule has 2 heteroatoms. The lowest BCUT2D eigenvalue weighted by molar-refractivity contribution is 0.467. The van der Waals surface area contributed by atoms with Crippen LogP contribution in [0.1, 0.15) is 25.3 Å². The van der Waals surface area contributed by atoms with E-state index in [-0.39, 0.29) is 0 Å². The van der Waals surface area contributed by atoms with Gasteiger partial charge in [0, 0.05) is 6.54 Å². The van der Waals surface area contributed by atoms with Crippen LogP contribution in [0, 0.1) is 5.92 Å². The van der Waals surface area contributed by atoms with Crippen molar-refractivity contribution >= 4 is 0 Å². The summed E-state index contributed by atoms with van der Waals surface area (Å²) in [5.74, 6) is 1.45. The molecule has 0 amide bonds. The number of rotatable bonds is 4. The van der Waals surface area contributed by atoms with Gasteiger partial charge >= 0.3 is 0 Å². The molecule has 2 nitrogen and oxygen atoms in total. The molecule has 1 aromatic carbocycles. The van der Waals surface area contributed by atoms with Gasteiger partial charge in [-0.15, -0.1) is 0 Å². The van der Waals surface area contributed by atoms with Gasteiger partial charge in [0.05, 0.1) is 0 Å². The maximum Gasteiger partial charge on any atom is 0.115 e. The predicted molar refractivity (Wildman–Crippen MR) is 59.6 cm³/mol. The third-order valence-corrected chi connectivity index (χ3v) is 2.55. The highest BCUT2D eigenvalue weighted by Gasteiger charge is 2.14. The number of likely N-dealkylation sites (N-methyl/N-ethyl adjacent to an activating group) is 1. The number of phenolic OH excluding ortho intramolecular Hbond substituents is 1. The fourth-order valence-electron chi connectivity index (χ4n) is 1.68. The zero-order valence-corrected chi connectivity index (χ0v) is 9.12. The first-order valence-electron chi connectivity index (χ1n) is 5.08. The molecule has 14 heavy (non-hydrogen) atoms. The monoisotopic (exact) mass is 193 g/mol. The molecule has 0 saturated heterocycles. The van der Waals surface area contributed by atoms with Gasteiger partial charge in [-0.1, -0.05) is 26.0 Å². The van der Waals surface area contributed by atoms with Crippen LogP contribution in [0.2, 0.25) is 0 Å². The van der Waals surface area contributed by atoms with Crippen LogP contribution in [0.15, 0.2) is 24.3 Å². The van der Waals surface area contributed by atoms with Crippen LogP contribution in [0.3, 0.4) is 0 Å². The molecule has 78 valence electrons. The highest BCUT2D eigenvalue weighted by atomic mass is 16.3. The van der Waals surface area contributed by atoms with Gasteiger partial charge < -0.3 is 10.4 Å². The molecule has 0 saturated carbocycles. The quantitative estimate of drug-likeness (QED) is 0.769. The summed E-state index contributed by atoms with van der Waals surface area (Å²) < 4.78 is 0. The van der Waals surface area contributed by atoms with E-state index in [1.54, 1.807) is 12.1 Å². The minimum atomic E-state index is 0.334. The molecule has 1 rings (SSSR count). The molecule has 0 spiro atoms. The van der Waals surface area contributed by atoms with Crippen LogP contribution in [0.4, 0.5) is 0 Å². The molecule has 0 aliphatic carbocycles. The Morgan fingerprint density at radius 1 is 1.21 bits per heavy atom. The van der Waals surface area contributed by atoms with Gasteiger partial charge in [0.1, 0.15) is 5.75 Å². The van der Waals surface area contributed by atoms with Crippen molar-refractivity contribution < 1.29 is 5.11 Å². The minimum Gasteiger partial charge on any atom is -0.508 e. The molecule has 0 heterocycles. The highest BCUT2D eigenvalue weighted by molar-refractivity contribution is 5.28. The van der Waals surface area contributed by atoms with Crippen LogP contribution in [-0.2, 0) is 0 Å². The summed E-state index contributed by atoms with van der Waals surface area (Å²) in [6.07, 6.45) is 0. The number of hydrogen-bond donors (Lipinski definition) is 2. The van der Waals surface area contributed by atoms with Crippen molar-refractivity contribution in [3.63, 3.8) is 0 Å². The van der Waals surface area contributed by atoms with E-state index in [4.69, 9.17) is 0 Å². The van der Waals surface area contributed by atoms with Crippen molar-refractivity contribution in [3.05, 3.63) is 29.8 Å². The minimum absolute atomic E-state index is 0.334. The lowest BCUT2D eigenvalue weighted by Crippen LogP contribution is -2.21. The molecule has 0 fully saturated rings. The van der Waals surface area contributed by atoms with Crippen LogP contribution in [-0.4, -0.2) is 18.7 Å². The SMILES string of the molecule is CNCC(c1ccc(O)cc1)C(C)C. The molecule has 0 aromatic heterocycles. The average molecular weight is 193 g/mol. The van der Waals surface area contributed by atoms with Crippen molar-refractivity contribution in [2.75, 3.05) is 13.6 Å². The lowest BCUT2D eigenvalue weighted by Gasteiger charge is -2.20. The second kappa shape index (κ2) is 5.01. The molecule has 0 bridgehead atoms. The summed E-state index contributed by atoms with van der Waals surface area (Å²) in [6, 6.07) is 7.50. The summed E-state index contributed by atoms with van der Waals surface area (Å²) in [6.45, 7) is 5.41. The first kappa shape index (κ1) is 11.1. The Morgan fingerprint density at radius 2 is 1.79 bits per heavy atom. The van der Waals surface area contributed by atoms with E-state index in [0.717, 1.165) is 6.54 Å². The Hall–Kier alpha value is -1.02. The third-order valence-electron chi connectivity index (χ3n) is 2.55. The van der Waals surface area contributed by atoms with Crippen molar-refractivity contribution in [1.82, 2.24) is 5.32 Å². The van der Waals surface area contributed by atoms with E-state index < -0.39 is 0 Å². The number of benzene rings is 1. The van der Waals surface area contributed by atoms with Crippen molar-refractivity contribution in [1.29, 1.82) is 0 Å². The van der Waals surface area contributed by atoms with Gasteiger partial charge in [-0.25, -0.2) is 0 Å². The van der Waals surface area contributed by atoms with Crippen molar-refractivity contribution in [3.8, 4) is 5.75 Å². The number of hydrogen-bond acceptors (Lipinski definition) is 2. The molecular formula is C12H19NO. The van der Waals surface area contributed by atoms with E-state index in [2.05, 4.69) is 19.2 Å². The van der Waals surface area contributed by atoms with Crippen LogP contribution in [0.25, 0.3) is 0 Å². The Balaban J connectivity index is 2.82. The van der Waals surface area contributed by atoms with Gasteiger partial charge in [-0.2, -0.15) is 0 Å². The summed E-state index contributed by atoms with van der Waals surface area (Å²) in [5.41, 5.74) is 1.28.